The molecule has 0 unspecified atom stereocenters. The predicted octanol–water partition coefficient (Wildman–Crippen LogP) is 1.28. The number of hydrogen-bond donors (Lipinski definition) is 2. The number of nitrogen functional groups attached to an aromatic ring is 1. The molecule has 1 heterocycles. The lowest BCUT2D eigenvalue weighted by molar-refractivity contribution is 0.580. The molecular weight excluding hydrogens is 269 g/mol. The second-order valence-electron chi connectivity index (χ2n) is 3.87. The Morgan fingerprint density at radius 2 is 2.11 bits per heavy atom. The number of nitrogens with one attached hydrogen (secondary N) is 1. The lowest BCUT2D eigenvalue weighted by atomic mass is 10.3. The van der Waals surface area contributed by atoms with Gasteiger partial charge in [0.2, 0.25) is 10.0 Å². The number of halogens is 1. The van der Waals surface area contributed by atoms with Gasteiger partial charge in [-0.15, -0.1) is 0 Å². The number of sulfonamides is 1. The van der Waals surface area contributed by atoms with Crippen LogP contribution in [0.3, 0.4) is 0 Å². The van der Waals surface area contributed by atoms with Gasteiger partial charge in [-0.25, -0.2) is 17.5 Å². The molecule has 0 atom stereocenters. The highest BCUT2D eigenvalue weighted by atomic mass is 32.2. The first-order chi connectivity index (χ1) is 8.99. The fourth-order valence-electron chi connectivity index (χ4n) is 1.45. The fourth-order valence-corrected chi connectivity index (χ4v) is 2.51. The monoisotopic (exact) mass is 281 g/mol. The third-order valence-electron chi connectivity index (χ3n) is 2.47. The van der Waals surface area contributed by atoms with Crippen LogP contribution in [-0.2, 0) is 16.6 Å². The maximum Gasteiger partial charge on any atom is 0.240 e. The third-order valence-corrected chi connectivity index (χ3v) is 3.87. The molecule has 0 spiro atoms. The van der Waals surface area contributed by atoms with Gasteiger partial charge in [0, 0.05) is 18.9 Å². The molecule has 2 aromatic rings. The third kappa shape index (κ3) is 3.27. The van der Waals surface area contributed by atoms with Gasteiger partial charge in [0.1, 0.15) is 5.82 Å². The van der Waals surface area contributed by atoms with Gasteiger partial charge >= 0.3 is 0 Å². The standard InChI is InChI=1S/C12H12FN3O2S/c13-11-4-3-10(6-12(11)14)19(17,18)16-8-9-2-1-5-15-7-9/h1-7,16H,8,14H2. The molecule has 19 heavy (non-hydrogen) atoms. The molecule has 2 rings (SSSR count). The van der Waals surface area contributed by atoms with Gasteiger partial charge in [-0.05, 0) is 29.8 Å². The number of benzene rings is 1. The zero-order chi connectivity index (χ0) is 13.9. The van der Waals surface area contributed by atoms with E-state index in [-0.39, 0.29) is 17.1 Å². The quantitative estimate of drug-likeness (QED) is 0.827. The van der Waals surface area contributed by atoms with E-state index in [0.29, 0.717) is 0 Å². The molecule has 0 radical (unpaired) electrons. The zero-order valence-corrected chi connectivity index (χ0v) is 10.7. The van der Waals surface area contributed by atoms with Crippen molar-refractivity contribution in [1.82, 2.24) is 9.71 Å². The maximum absolute atomic E-state index is 13.0. The summed E-state index contributed by atoms with van der Waals surface area (Å²) in [6.07, 6.45) is 3.15. The average Bonchev–Trinajstić information content (AvgIpc) is 2.41. The lowest BCUT2D eigenvalue weighted by Crippen LogP contribution is -2.23. The van der Waals surface area contributed by atoms with Crippen molar-refractivity contribution >= 4 is 15.7 Å². The Hall–Kier alpha value is -1.99. The van der Waals surface area contributed by atoms with Gasteiger partial charge in [-0.3, -0.25) is 4.98 Å². The number of anilines is 1. The van der Waals surface area contributed by atoms with Crippen molar-refractivity contribution in [3.05, 3.63) is 54.1 Å². The predicted molar refractivity (Wildman–Crippen MR) is 69.1 cm³/mol. The van der Waals surface area contributed by atoms with Crippen molar-refractivity contribution in [1.29, 1.82) is 0 Å². The molecule has 0 aliphatic carbocycles. The Kier molecular flexibility index (Phi) is 3.77. The minimum atomic E-state index is -3.72. The maximum atomic E-state index is 13.0. The number of rotatable bonds is 4. The van der Waals surface area contributed by atoms with E-state index in [4.69, 9.17) is 5.73 Å². The van der Waals surface area contributed by atoms with Crippen LogP contribution in [-0.4, -0.2) is 13.4 Å². The molecular formula is C12H12FN3O2S. The van der Waals surface area contributed by atoms with Crippen LogP contribution in [0.5, 0.6) is 0 Å². The minimum absolute atomic E-state index is 0.0738. The van der Waals surface area contributed by atoms with E-state index in [1.165, 1.54) is 0 Å². The van der Waals surface area contributed by atoms with Gasteiger partial charge in [0.25, 0.3) is 0 Å². The Balaban J connectivity index is 2.16. The average molecular weight is 281 g/mol. The van der Waals surface area contributed by atoms with E-state index in [9.17, 15) is 12.8 Å². The molecule has 3 N–H and O–H groups in total. The van der Waals surface area contributed by atoms with E-state index in [1.807, 2.05) is 0 Å². The van der Waals surface area contributed by atoms with Crippen molar-refractivity contribution in [2.24, 2.45) is 0 Å². The Bertz CT molecular complexity index is 675. The van der Waals surface area contributed by atoms with Crippen LogP contribution in [0.25, 0.3) is 0 Å². The summed E-state index contributed by atoms with van der Waals surface area (Å²) >= 11 is 0. The summed E-state index contributed by atoms with van der Waals surface area (Å²) in [5.74, 6) is -0.647. The molecule has 0 saturated carbocycles. The van der Waals surface area contributed by atoms with E-state index in [2.05, 4.69) is 9.71 Å². The highest BCUT2D eigenvalue weighted by Crippen LogP contribution is 2.16. The topological polar surface area (TPSA) is 85.1 Å². The van der Waals surface area contributed by atoms with Crippen molar-refractivity contribution in [3.8, 4) is 0 Å². The van der Waals surface area contributed by atoms with Crippen LogP contribution in [0, 0.1) is 5.82 Å². The summed E-state index contributed by atoms with van der Waals surface area (Å²) < 4.78 is 39.3. The molecule has 0 amide bonds. The molecule has 0 bridgehead atoms. The summed E-state index contributed by atoms with van der Waals surface area (Å²) in [4.78, 5) is 3.81. The van der Waals surface area contributed by atoms with Crippen molar-refractivity contribution < 1.29 is 12.8 Å². The number of hydrogen-bond acceptors (Lipinski definition) is 4. The number of pyridine rings is 1. The van der Waals surface area contributed by atoms with E-state index >= 15 is 0 Å². The molecule has 1 aromatic carbocycles. The van der Waals surface area contributed by atoms with Crippen LogP contribution in [0.4, 0.5) is 10.1 Å². The Morgan fingerprint density at radius 1 is 1.32 bits per heavy atom. The molecule has 0 saturated heterocycles. The molecule has 5 nitrogen and oxygen atoms in total. The lowest BCUT2D eigenvalue weighted by Gasteiger charge is -2.07. The van der Waals surface area contributed by atoms with Crippen molar-refractivity contribution in [3.63, 3.8) is 0 Å². The highest BCUT2D eigenvalue weighted by Gasteiger charge is 2.15. The number of aromatic nitrogens is 1. The molecule has 100 valence electrons. The smallest absolute Gasteiger partial charge is 0.240 e. The van der Waals surface area contributed by atoms with Crippen LogP contribution < -0.4 is 10.5 Å². The summed E-state index contributed by atoms with van der Waals surface area (Å²) in [5, 5.41) is 0. The van der Waals surface area contributed by atoms with E-state index in [0.717, 1.165) is 23.8 Å². The molecule has 0 aliphatic rings. The second kappa shape index (κ2) is 5.33. The number of nitrogens with zero attached hydrogens (tertiary/aromatic N) is 1. The Labute approximate surface area is 110 Å². The number of nitrogens with two attached hydrogens (primary N) is 1. The van der Waals surface area contributed by atoms with Gasteiger partial charge in [0.15, 0.2) is 0 Å². The minimum Gasteiger partial charge on any atom is -0.396 e. The summed E-state index contributed by atoms with van der Waals surface area (Å²) in [5.41, 5.74) is 5.87. The first-order valence-electron chi connectivity index (χ1n) is 5.42. The van der Waals surface area contributed by atoms with Gasteiger partial charge in [-0.1, -0.05) is 6.07 Å². The largest absolute Gasteiger partial charge is 0.396 e. The van der Waals surface area contributed by atoms with Crippen LogP contribution in [0.2, 0.25) is 0 Å². The second-order valence-corrected chi connectivity index (χ2v) is 5.64. The molecule has 0 aliphatic heterocycles. The van der Waals surface area contributed by atoms with Crippen molar-refractivity contribution in [2.45, 2.75) is 11.4 Å². The first kappa shape index (κ1) is 13.4. The van der Waals surface area contributed by atoms with E-state index < -0.39 is 15.8 Å². The molecule has 7 heteroatoms. The molecule has 1 aromatic heterocycles. The normalized spacial score (nSPS) is 11.4. The highest BCUT2D eigenvalue weighted by molar-refractivity contribution is 7.89. The zero-order valence-electron chi connectivity index (χ0n) is 9.88. The van der Waals surface area contributed by atoms with Gasteiger partial charge in [-0.2, -0.15) is 0 Å². The van der Waals surface area contributed by atoms with Crippen LogP contribution in [0.1, 0.15) is 5.56 Å². The van der Waals surface area contributed by atoms with Gasteiger partial charge < -0.3 is 5.73 Å². The molecule has 0 fully saturated rings. The summed E-state index contributed by atoms with van der Waals surface area (Å²) in [6, 6.07) is 6.72. The van der Waals surface area contributed by atoms with Crippen molar-refractivity contribution in [2.75, 3.05) is 5.73 Å². The Morgan fingerprint density at radius 3 is 2.74 bits per heavy atom. The van der Waals surface area contributed by atoms with Crippen LogP contribution in [0.15, 0.2) is 47.6 Å². The van der Waals surface area contributed by atoms with E-state index in [1.54, 1.807) is 24.5 Å². The fraction of sp³-hybridized carbons (Fsp3) is 0.0833. The summed E-state index contributed by atoms with van der Waals surface area (Å²) in [7, 11) is -3.72. The summed E-state index contributed by atoms with van der Waals surface area (Å²) in [6.45, 7) is 0.105. The first-order valence-corrected chi connectivity index (χ1v) is 6.91. The van der Waals surface area contributed by atoms with Gasteiger partial charge in [0.05, 0.1) is 10.6 Å². The van der Waals surface area contributed by atoms with Crippen LogP contribution >= 0.6 is 0 Å². The SMILES string of the molecule is Nc1cc(S(=O)(=O)NCc2cccnc2)ccc1F.